The Balaban J connectivity index is 2.14. The van der Waals surface area contributed by atoms with Gasteiger partial charge < -0.3 is 5.32 Å². The second-order valence-corrected chi connectivity index (χ2v) is 9.89. The van der Waals surface area contributed by atoms with Crippen molar-refractivity contribution in [1.29, 1.82) is 0 Å². The smallest absolute Gasteiger partial charge is 0.227 e. The zero-order chi connectivity index (χ0) is 18.1. The SMILES string of the molecule is Cc1ccc(NC(=O)C2C[C@@H](C(C)(C)C)C[C@@H](C(C)(C)C)C2)cc1. The number of carbonyl (C=O) groups excluding carboxylic acids is 1. The summed E-state index contributed by atoms with van der Waals surface area (Å²) in [5.74, 6) is 1.52. The first kappa shape index (κ1) is 19.0. The number of benzene rings is 1. The molecule has 0 bridgehead atoms. The zero-order valence-corrected chi connectivity index (χ0v) is 16.6. The minimum Gasteiger partial charge on any atom is -0.326 e. The molecule has 1 aromatic carbocycles. The van der Waals surface area contributed by atoms with Gasteiger partial charge in [0, 0.05) is 11.6 Å². The third-order valence-electron chi connectivity index (χ3n) is 5.85. The average Bonchev–Trinajstić information content (AvgIpc) is 2.47. The van der Waals surface area contributed by atoms with Crippen LogP contribution in [0.1, 0.15) is 66.4 Å². The maximum absolute atomic E-state index is 12.9. The first-order chi connectivity index (χ1) is 11.0. The Hall–Kier alpha value is -1.31. The molecule has 1 aromatic rings. The molecule has 2 nitrogen and oxygen atoms in total. The van der Waals surface area contributed by atoms with Crippen LogP contribution in [0.4, 0.5) is 5.69 Å². The molecule has 1 aliphatic carbocycles. The highest BCUT2D eigenvalue weighted by Gasteiger charge is 2.41. The maximum Gasteiger partial charge on any atom is 0.227 e. The molecule has 0 radical (unpaired) electrons. The number of carbonyl (C=O) groups is 1. The largest absolute Gasteiger partial charge is 0.326 e. The maximum atomic E-state index is 12.9. The molecule has 1 amide bonds. The third-order valence-corrected chi connectivity index (χ3v) is 5.85. The molecule has 0 spiro atoms. The van der Waals surface area contributed by atoms with Gasteiger partial charge in [-0.2, -0.15) is 0 Å². The minimum absolute atomic E-state index is 0.119. The Bertz CT molecular complexity index is 537. The molecule has 1 saturated carbocycles. The van der Waals surface area contributed by atoms with E-state index in [1.165, 1.54) is 12.0 Å². The first-order valence-electron chi connectivity index (χ1n) is 9.34. The van der Waals surface area contributed by atoms with Crippen LogP contribution < -0.4 is 5.32 Å². The van der Waals surface area contributed by atoms with E-state index >= 15 is 0 Å². The van der Waals surface area contributed by atoms with Crippen LogP contribution in [-0.4, -0.2) is 5.91 Å². The average molecular weight is 330 g/mol. The van der Waals surface area contributed by atoms with Crippen molar-refractivity contribution in [2.24, 2.45) is 28.6 Å². The zero-order valence-electron chi connectivity index (χ0n) is 16.6. The Labute approximate surface area is 148 Å². The van der Waals surface area contributed by atoms with Crippen LogP contribution in [0.5, 0.6) is 0 Å². The summed E-state index contributed by atoms with van der Waals surface area (Å²) in [5, 5.41) is 3.14. The molecule has 3 atom stereocenters. The second-order valence-electron chi connectivity index (χ2n) is 9.89. The summed E-state index contributed by atoms with van der Waals surface area (Å²) in [7, 11) is 0. The summed E-state index contributed by atoms with van der Waals surface area (Å²) in [4.78, 5) is 12.9. The molecule has 1 aliphatic rings. The topological polar surface area (TPSA) is 29.1 Å². The van der Waals surface area contributed by atoms with Crippen LogP contribution in [-0.2, 0) is 4.79 Å². The Morgan fingerprint density at radius 3 is 1.75 bits per heavy atom. The van der Waals surface area contributed by atoms with E-state index < -0.39 is 0 Å². The van der Waals surface area contributed by atoms with Gasteiger partial charge in [0.1, 0.15) is 0 Å². The lowest BCUT2D eigenvalue weighted by Gasteiger charge is -2.45. The molecule has 134 valence electrons. The van der Waals surface area contributed by atoms with E-state index in [2.05, 4.69) is 53.8 Å². The molecule has 24 heavy (non-hydrogen) atoms. The van der Waals surface area contributed by atoms with Crippen LogP contribution in [0.25, 0.3) is 0 Å². The van der Waals surface area contributed by atoms with Gasteiger partial charge in [-0.3, -0.25) is 4.79 Å². The molecule has 0 aliphatic heterocycles. The Morgan fingerprint density at radius 2 is 1.33 bits per heavy atom. The third kappa shape index (κ3) is 4.84. The molecule has 1 unspecified atom stereocenters. The molecule has 0 heterocycles. The van der Waals surface area contributed by atoms with Crippen LogP contribution in [0.15, 0.2) is 24.3 Å². The fourth-order valence-corrected chi connectivity index (χ4v) is 3.83. The summed E-state index contributed by atoms with van der Waals surface area (Å²) in [6, 6.07) is 8.09. The quantitative estimate of drug-likeness (QED) is 0.702. The van der Waals surface area contributed by atoms with Crippen molar-refractivity contribution in [2.45, 2.75) is 67.7 Å². The van der Waals surface area contributed by atoms with Crippen molar-refractivity contribution in [1.82, 2.24) is 0 Å². The van der Waals surface area contributed by atoms with Crippen molar-refractivity contribution in [3.63, 3.8) is 0 Å². The number of nitrogens with one attached hydrogen (secondary N) is 1. The minimum atomic E-state index is 0.119. The number of hydrogen-bond donors (Lipinski definition) is 1. The summed E-state index contributed by atoms with van der Waals surface area (Å²) in [6.07, 6.45) is 3.25. The number of anilines is 1. The van der Waals surface area contributed by atoms with E-state index in [0.29, 0.717) is 11.8 Å². The van der Waals surface area contributed by atoms with E-state index in [4.69, 9.17) is 0 Å². The first-order valence-corrected chi connectivity index (χ1v) is 9.34. The highest BCUT2D eigenvalue weighted by atomic mass is 16.1. The van der Waals surface area contributed by atoms with Crippen molar-refractivity contribution in [3.05, 3.63) is 29.8 Å². The summed E-state index contributed by atoms with van der Waals surface area (Å²) in [5.41, 5.74) is 2.64. The fraction of sp³-hybridized carbons (Fsp3) is 0.682. The monoisotopic (exact) mass is 329 g/mol. The number of aryl methyl sites for hydroxylation is 1. The van der Waals surface area contributed by atoms with Gasteiger partial charge in [-0.25, -0.2) is 0 Å². The van der Waals surface area contributed by atoms with Gasteiger partial charge in [-0.15, -0.1) is 0 Å². The molecule has 1 fully saturated rings. The molecule has 2 heteroatoms. The van der Waals surface area contributed by atoms with Gasteiger partial charge >= 0.3 is 0 Å². The van der Waals surface area contributed by atoms with Gasteiger partial charge in [0.2, 0.25) is 5.91 Å². The van der Waals surface area contributed by atoms with E-state index in [-0.39, 0.29) is 22.7 Å². The van der Waals surface area contributed by atoms with E-state index in [9.17, 15) is 4.79 Å². The summed E-state index contributed by atoms with van der Waals surface area (Å²) in [6.45, 7) is 16.0. The lowest BCUT2D eigenvalue weighted by Crippen LogP contribution is -2.40. The van der Waals surface area contributed by atoms with Crippen molar-refractivity contribution < 1.29 is 4.79 Å². The van der Waals surface area contributed by atoms with Gasteiger partial charge in [0.25, 0.3) is 0 Å². The van der Waals surface area contributed by atoms with Crippen LogP contribution >= 0.6 is 0 Å². The summed E-state index contributed by atoms with van der Waals surface area (Å²) < 4.78 is 0. The predicted molar refractivity (Wildman–Crippen MR) is 103 cm³/mol. The molecular formula is C22H35NO. The van der Waals surface area contributed by atoms with Crippen LogP contribution in [0.3, 0.4) is 0 Å². The highest BCUT2D eigenvalue weighted by Crippen LogP contribution is 2.48. The Morgan fingerprint density at radius 1 is 0.875 bits per heavy atom. The lowest BCUT2D eigenvalue weighted by atomic mass is 9.60. The van der Waals surface area contributed by atoms with Crippen LogP contribution in [0.2, 0.25) is 0 Å². The van der Waals surface area contributed by atoms with Gasteiger partial charge in [-0.1, -0.05) is 59.2 Å². The summed E-state index contributed by atoms with van der Waals surface area (Å²) >= 11 is 0. The number of amides is 1. The fourth-order valence-electron chi connectivity index (χ4n) is 3.83. The van der Waals surface area contributed by atoms with Gasteiger partial charge in [-0.05, 0) is 61.0 Å². The number of rotatable bonds is 2. The van der Waals surface area contributed by atoms with Gasteiger partial charge in [0.15, 0.2) is 0 Å². The lowest BCUT2D eigenvalue weighted by molar-refractivity contribution is -0.123. The normalized spacial score (nSPS) is 25.4. The van der Waals surface area contributed by atoms with Crippen molar-refractivity contribution in [2.75, 3.05) is 5.32 Å². The molecular weight excluding hydrogens is 294 g/mol. The molecule has 2 rings (SSSR count). The highest BCUT2D eigenvalue weighted by molar-refractivity contribution is 5.92. The van der Waals surface area contributed by atoms with Crippen LogP contribution in [0, 0.1) is 35.5 Å². The van der Waals surface area contributed by atoms with Crippen molar-refractivity contribution >= 4 is 11.6 Å². The predicted octanol–water partition coefficient (Wildman–Crippen LogP) is 6.06. The van der Waals surface area contributed by atoms with E-state index in [1.54, 1.807) is 0 Å². The van der Waals surface area contributed by atoms with E-state index in [0.717, 1.165) is 18.5 Å². The van der Waals surface area contributed by atoms with E-state index in [1.807, 2.05) is 24.3 Å². The molecule has 1 N–H and O–H groups in total. The second kappa shape index (κ2) is 6.90. The molecule has 0 aromatic heterocycles. The molecule has 0 saturated heterocycles. The Kier molecular flexibility index (Phi) is 5.47. The van der Waals surface area contributed by atoms with Crippen molar-refractivity contribution in [3.8, 4) is 0 Å². The standard InChI is InChI=1S/C22H35NO/c1-15-8-10-19(11-9-15)23-20(24)16-12-17(21(2,3)4)14-18(13-16)22(5,6)7/h8-11,16-18H,12-14H2,1-7H3,(H,23,24)/t16?,17-,18+. The van der Waals surface area contributed by atoms with Gasteiger partial charge in [0.05, 0.1) is 0 Å². The number of hydrogen-bond acceptors (Lipinski definition) is 1.